The minimum Gasteiger partial charge on any atom is -0.480 e. The molecular formula is C11H22N4O3. The summed E-state index contributed by atoms with van der Waals surface area (Å²) in [5.74, 6) is -0.820. The molecule has 7 nitrogen and oxygen atoms in total. The average molecular weight is 258 g/mol. The third kappa shape index (κ3) is 5.33. The molecule has 0 spiro atoms. The molecule has 1 aliphatic heterocycles. The van der Waals surface area contributed by atoms with E-state index in [-0.39, 0.29) is 12.6 Å². The highest BCUT2D eigenvalue weighted by Crippen LogP contribution is 2.01. The molecule has 0 aliphatic carbocycles. The van der Waals surface area contributed by atoms with E-state index in [0.29, 0.717) is 32.7 Å². The maximum atomic E-state index is 11.8. The number of rotatable bonds is 5. The summed E-state index contributed by atoms with van der Waals surface area (Å²) in [4.78, 5) is 27.9. The third-order valence-electron chi connectivity index (χ3n) is 2.85. The van der Waals surface area contributed by atoms with Crippen LogP contribution >= 0.6 is 0 Å². The lowest BCUT2D eigenvalue weighted by atomic mass is 10.3. The third-order valence-corrected chi connectivity index (χ3v) is 2.85. The first-order valence-electron chi connectivity index (χ1n) is 6.10. The second-order valence-corrected chi connectivity index (χ2v) is 4.69. The van der Waals surface area contributed by atoms with Crippen molar-refractivity contribution in [3.05, 3.63) is 0 Å². The number of nitrogens with one attached hydrogen (secondary N) is 1. The quantitative estimate of drug-likeness (QED) is 0.659. The Hall–Kier alpha value is -1.34. The molecule has 0 aromatic carbocycles. The number of carboxylic acids is 1. The number of carboxylic acid groups (broad SMARTS) is 1. The van der Waals surface area contributed by atoms with Gasteiger partial charge in [-0.05, 0) is 14.1 Å². The Kier molecular flexibility index (Phi) is 5.87. The highest BCUT2D eigenvalue weighted by molar-refractivity contribution is 5.74. The van der Waals surface area contributed by atoms with Crippen molar-refractivity contribution in [1.82, 2.24) is 20.0 Å². The van der Waals surface area contributed by atoms with Gasteiger partial charge in [-0.3, -0.25) is 9.69 Å². The smallest absolute Gasteiger partial charge is 0.317 e. The standard InChI is InChI=1S/C11H22N4O3/c1-13(2)4-3-12-11(18)15-7-5-14(6-8-15)9-10(16)17/h3-9H2,1-2H3,(H,12,18)(H,16,17). The summed E-state index contributed by atoms with van der Waals surface area (Å²) in [7, 11) is 3.91. The largest absolute Gasteiger partial charge is 0.480 e. The van der Waals surface area contributed by atoms with Gasteiger partial charge in [0, 0.05) is 39.3 Å². The maximum absolute atomic E-state index is 11.8. The average Bonchev–Trinajstić information content (AvgIpc) is 2.28. The monoisotopic (exact) mass is 258 g/mol. The van der Waals surface area contributed by atoms with Gasteiger partial charge < -0.3 is 20.2 Å². The molecule has 0 aromatic heterocycles. The van der Waals surface area contributed by atoms with Crippen LogP contribution in [0.25, 0.3) is 0 Å². The summed E-state index contributed by atoms with van der Waals surface area (Å²) in [5.41, 5.74) is 0. The van der Waals surface area contributed by atoms with Crippen molar-refractivity contribution in [1.29, 1.82) is 0 Å². The number of carbonyl (C=O) groups excluding carboxylic acids is 1. The van der Waals surface area contributed by atoms with Gasteiger partial charge in [-0.25, -0.2) is 4.79 Å². The number of nitrogens with zero attached hydrogens (tertiary/aromatic N) is 3. The van der Waals surface area contributed by atoms with E-state index in [4.69, 9.17) is 5.11 Å². The fraction of sp³-hybridized carbons (Fsp3) is 0.818. The molecule has 1 aliphatic rings. The Morgan fingerprint density at radius 3 is 2.33 bits per heavy atom. The summed E-state index contributed by atoms with van der Waals surface area (Å²) in [6, 6.07) is -0.0631. The second kappa shape index (κ2) is 7.17. The number of amides is 2. The van der Waals surface area contributed by atoms with Gasteiger partial charge in [0.1, 0.15) is 0 Å². The van der Waals surface area contributed by atoms with Crippen molar-refractivity contribution in [3.8, 4) is 0 Å². The summed E-state index contributed by atoms with van der Waals surface area (Å²) in [6.07, 6.45) is 0. The lowest BCUT2D eigenvalue weighted by Crippen LogP contribution is -2.53. The molecule has 0 atom stereocenters. The molecule has 0 unspecified atom stereocenters. The minimum absolute atomic E-state index is 0.0517. The normalized spacial score (nSPS) is 16.9. The Morgan fingerprint density at radius 1 is 1.22 bits per heavy atom. The zero-order chi connectivity index (χ0) is 13.5. The Bertz CT molecular complexity index is 288. The highest BCUT2D eigenvalue weighted by Gasteiger charge is 2.21. The van der Waals surface area contributed by atoms with Crippen LogP contribution in [-0.2, 0) is 4.79 Å². The van der Waals surface area contributed by atoms with E-state index in [1.54, 1.807) is 4.90 Å². The van der Waals surface area contributed by atoms with Crippen molar-refractivity contribution in [3.63, 3.8) is 0 Å². The van der Waals surface area contributed by atoms with Crippen LogP contribution in [0.5, 0.6) is 0 Å². The number of aliphatic carboxylic acids is 1. The summed E-state index contributed by atoms with van der Waals surface area (Å²) in [5, 5.41) is 11.5. The van der Waals surface area contributed by atoms with Crippen LogP contribution in [0.1, 0.15) is 0 Å². The minimum atomic E-state index is -0.820. The lowest BCUT2D eigenvalue weighted by Gasteiger charge is -2.33. The Labute approximate surface area is 107 Å². The SMILES string of the molecule is CN(C)CCNC(=O)N1CCN(CC(=O)O)CC1. The molecule has 0 saturated carbocycles. The van der Waals surface area contributed by atoms with Gasteiger partial charge in [-0.15, -0.1) is 0 Å². The maximum Gasteiger partial charge on any atom is 0.317 e. The van der Waals surface area contributed by atoms with E-state index >= 15 is 0 Å². The van der Waals surface area contributed by atoms with Gasteiger partial charge in [-0.2, -0.15) is 0 Å². The molecule has 0 radical (unpaired) electrons. The molecular weight excluding hydrogens is 236 g/mol. The van der Waals surface area contributed by atoms with Crippen molar-refractivity contribution >= 4 is 12.0 Å². The fourth-order valence-electron chi connectivity index (χ4n) is 1.80. The molecule has 2 amide bonds. The number of hydrogen-bond acceptors (Lipinski definition) is 4. The number of piperazine rings is 1. The van der Waals surface area contributed by atoms with Gasteiger partial charge in [0.05, 0.1) is 6.54 Å². The fourth-order valence-corrected chi connectivity index (χ4v) is 1.80. The predicted molar refractivity (Wildman–Crippen MR) is 67.6 cm³/mol. The van der Waals surface area contributed by atoms with Gasteiger partial charge in [0.15, 0.2) is 0 Å². The predicted octanol–water partition coefficient (Wildman–Crippen LogP) is -1.04. The first-order chi connectivity index (χ1) is 8.49. The number of likely N-dealkylation sites (N-methyl/N-ethyl adjacent to an activating group) is 1. The second-order valence-electron chi connectivity index (χ2n) is 4.69. The zero-order valence-electron chi connectivity index (χ0n) is 11.1. The lowest BCUT2D eigenvalue weighted by molar-refractivity contribution is -0.138. The van der Waals surface area contributed by atoms with Crippen LogP contribution in [0.4, 0.5) is 4.79 Å². The van der Waals surface area contributed by atoms with Crippen LogP contribution < -0.4 is 5.32 Å². The number of urea groups is 1. The van der Waals surface area contributed by atoms with Crippen molar-refractivity contribution in [2.75, 3.05) is 59.9 Å². The molecule has 2 N–H and O–H groups in total. The van der Waals surface area contributed by atoms with Crippen LogP contribution in [0.2, 0.25) is 0 Å². The summed E-state index contributed by atoms with van der Waals surface area (Å²) < 4.78 is 0. The van der Waals surface area contributed by atoms with Gasteiger partial charge in [-0.1, -0.05) is 0 Å². The van der Waals surface area contributed by atoms with Crippen molar-refractivity contribution < 1.29 is 14.7 Å². The van der Waals surface area contributed by atoms with E-state index in [1.807, 2.05) is 23.9 Å². The van der Waals surface area contributed by atoms with E-state index in [0.717, 1.165) is 6.54 Å². The molecule has 104 valence electrons. The van der Waals surface area contributed by atoms with Gasteiger partial charge in [0.25, 0.3) is 0 Å². The first kappa shape index (κ1) is 14.7. The van der Waals surface area contributed by atoms with E-state index in [9.17, 15) is 9.59 Å². The molecule has 7 heteroatoms. The molecule has 18 heavy (non-hydrogen) atoms. The summed E-state index contributed by atoms with van der Waals surface area (Å²) in [6.45, 7) is 3.89. The summed E-state index contributed by atoms with van der Waals surface area (Å²) >= 11 is 0. The molecule has 1 saturated heterocycles. The molecule has 1 heterocycles. The van der Waals surface area contributed by atoms with Crippen LogP contribution in [-0.4, -0.2) is 91.7 Å². The van der Waals surface area contributed by atoms with Crippen molar-refractivity contribution in [2.45, 2.75) is 0 Å². The number of carbonyl (C=O) groups is 2. The van der Waals surface area contributed by atoms with Crippen LogP contribution in [0.3, 0.4) is 0 Å². The number of hydrogen-bond donors (Lipinski definition) is 2. The van der Waals surface area contributed by atoms with E-state index in [2.05, 4.69) is 5.32 Å². The van der Waals surface area contributed by atoms with Gasteiger partial charge in [0.2, 0.25) is 0 Å². The highest BCUT2D eigenvalue weighted by atomic mass is 16.4. The van der Waals surface area contributed by atoms with E-state index < -0.39 is 5.97 Å². The van der Waals surface area contributed by atoms with Crippen LogP contribution in [0, 0.1) is 0 Å². The topological polar surface area (TPSA) is 76.1 Å². The van der Waals surface area contributed by atoms with Gasteiger partial charge >= 0.3 is 12.0 Å². The Morgan fingerprint density at radius 2 is 1.83 bits per heavy atom. The first-order valence-corrected chi connectivity index (χ1v) is 6.10. The molecule has 1 rings (SSSR count). The zero-order valence-corrected chi connectivity index (χ0v) is 11.1. The van der Waals surface area contributed by atoms with Crippen LogP contribution in [0.15, 0.2) is 0 Å². The molecule has 1 fully saturated rings. The Balaban J connectivity index is 2.21. The molecule has 0 aromatic rings. The molecule has 0 bridgehead atoms. The van der Waals surface area contributed by atoms with E-state index in [1.165, 1.54) is 0 Å². The van der Waals surface area contributed by atoms with Crippen molar-refractivity contribution in [2.24, 2.45) is 0 Å².